The van der Waals surface area contributed by atoms with Crippen LogP contribution in [0.25, 0.3) is 11.1 Å². The predicted octanol–water partition coefficient (Wildman–Crippen LogP) is 0.433. The summed E-state index contributed by atoms with van der Waals surface area (Å²) in [6.07, 6.45) is -0.518. The summed E-state index contributed by atoms with van der Waals surface area (Å²) in [6.45, 7) is 6.59. The van der Waals surface area contributed by atoms with Gasteiger partial charge in [0.05, 0.1) is 6.10 Å². The van der Waals surface area contributed by atoms with E-state index in [2.05, 4.69) is 18.0 Å². The van der Waals surface area contributed by atoms with Gasteiger partial charge < -0.3 is 24.1 Å². The van der Waals surface area contributed by atoms with E-state index in [0.717, 1.165) is 43.9 Å². The van der Waals surface area contributed by atoms with Crippen LogP contribution >= 0.6 is 0 Å². The van der Waals surface area contributed by atoms with Crippen LogP contribution in [0.1, 0.15) is 29.2 Å². The molecule has 8 nitrogen and oxygen atoms in total. The number of ether oxygens (including phenoxy) is 2. The molecular weight excluding hydrogens is 471 g/mol. The van der Waals surface area contributed by atoms with Crippen molar-refractivity contribution in [3.8, 4) is 22.6 Å². The van der Waals surface area contributed by atoms with Crippen LogP contribution in [0.5, 0.6) is 11.5 Å². The Labute approximate surface area is 230 Å². The van der Waals surface area contributed by atoms with Gasteiger partial charge in [-0.2, -0.15) is 0 Å². The molecule has 1 heterocycles. The van der Waals surface area contributed by atoms with Crippen molar-refractivity contribution in [3.05, 3.63) is 104 Å². The number of hydrogen-bond acceptors (Lipinski definition) is 6. The third kappa shape index (κ3) is 6.79. The fourth-order valence-electron chi connectivity index (χ4n) is 3.78. The number of aliphatic hydroxyl groups excluding tert-OH is 1. The Kier molecular flexibility index (Phi) is 9.39. The molecule has 0 aliphatic rings. The van der Waals surface area contributed by atoms with Gasteiger partial charge in [-0.25, -0.2) is 4.79 Å². The molecule has 182 valence electrons. The Morgan fingerprint density at radius 2 is 1.69 bits per heavy atom. The second-order valence-electron chi connectivity index (χ2n) is 8.45. The molecule has 1 atom stereocenters. The molecule has 0 saturated heterocycles. The topological polar surface area (TPSA) is 105 Å². The van der Waals surface area contributed by atoms with Crippen LogP contribution in [0, 0.1) is 13.8 Å². The van der Waals surface area contributed by atoms with Crippen LogP contribution in [0.4, 0.5) is 0 Å². The molecule has 4 rings (SSSR count). The molecule has 0 spiro atoms. The van der Waals surface area contributed by atoms with Gasteiger partial charge in [-0.05, 0) is 78.4 Å². The molecule has 0 saturated carbocycles. The van der Waals surface area contributed by atoms with E-state index in [-0.39, 0.29) is 42.7 Å². The van der Waals surface area contributed by atoms with E-state index in [1.165, 1.54) is 0 Å². The maximum absolute atomic E-state index is 11.5. The van der Waals surface area contributed by atoms with Gasteiger partial charge in [0, 0.05) is 6.54 Å². The summed E-state index contributed by atoms with van der Waals surface area (Å²) in [6, 6.07) is 19.3. The smallest absolute Gasteiger partial charge is 0.491 e. The summed E-state index contributed by atoms with van der Waals surface area (Å²) in [5, 5.41) is 9.43. The Morgan fingerprint density at radius 3 is 2.33 bits per heavy atom. The van der Waals surface area contributed by atoms with Gasteiger partial charge in [-0.3, -0.25) is 9.53 Å². The molecule has 0 unspecified atom stereocenters. The third-order valence-corrected chi connectivity index (χ3v) is 5.66. The zero-order valence-corrected chi connectivity index (χ0v) is 22.9. The standard InChI is InChI=1S/C27H28N2O6.Na/c1-17-13-23(33-15-18(2)30)11-12-24(17)25-6-4-5-21(19(25)3)16-34-22-9-7-20(8-10-22)14-29-26(31)28-27(32)35-29;/h4-13,18,30H,14-16H2,1-3H3,(H,28,31,32);/q;+1/p-1/t18-;/m0./s1. The molecule has 0 bridgehead atoms. The van der Waals surface area contributed by atoms with Crippen molar-refractivity contribution in [2.75, 3.05) is 6.61 Å². The van der Waals surface area contributed by atoms with E-state index in [1.54, 1.807) is 6.92 Å². The van der Waals surface area contributed by atoms with Gasteiger partial charge >= 0.3 is 35.3 Å². The van der Waals surface area contributed by atoms with Gasteiger partial charge in [0.1, 0.15) is 24.7 Å². The molecule has 36 heavy (non-hydrogen) atoms. The molecule has 0 amide bonds. The van der Waals surface area contributed by atoms with Crippen molar-refractivity contribution in [1.29, 1.82) is 0 Å². The minimum Gasteiger partial charge on any atom is -0.491 e. The van der Waals surface area contributed by atoms with Crippen molar-refractivity contribution >= 4 is 0 Å². The average molecular weight is 499 g/mol. The van der Waals surface area contributed by atoms with Crippen LogP contribution in [-0.2, 0) is 13.2 Å². The summed E-state index contributed by atoms with van der Waals surface area (Å²) in [5.74, 6) is 0.515. The molecule has 0 aliphatic heterocycles. The first-order valence-electron chi connectivity index (χ1n) is 11.3. The van der Waals surface area contributed by atoms with Gasteiger partial charge in [-0.15, -0.1) is 0 Å². The normalized spacial score (nSPS) is 11.6. The first-order valence-corrected chi connectivity index (χ1v) is 11.3. The molecule has 3 aromatic carbocycles. The van der Waals surface area contributed by atoms with Crippen LogP contribution < -0.4 is 55.5 Å². The molecule has 9 heteroatoms. The van der Waals surface area contributed by atoms with Gasteiger partial charge in [-0.1, -0.05) is 36.4 Å². The van der Waals surface area contributed by atoms with E-state index in [1.807, 2.05) is 61.5 Å². The van der Waals surface area contributed by atoms with Crippen LogP contribution in [0.3, 0.4) is 0 Å². The molecule has 1 aromatic heterocycles. The first-order chi connectivity index (χ1) is 16.8. The van der Waals surface area contributed by atoms with Crippen LogP contribution in [-0.4, -0.2) is 22.6 Å². The molecule has 4 aromatic rings. The number of hydrogen-bond donors (Lipinski definition) is 1. The minimum absolute atomic E-state index is 0. The summed E-state index contributed by atoms with van der Waals surface area (Å²) >= 11 is 0. The Bertz CT molecular complexity index is 1420. The van der Waals surface area contributed by atoms with Crippen molar-refractivity contribution in [3.63, 3.8) is 0 Å². The van der Waals surface area contributed by atoms with E-state index in [0.29, 0.717) is 12.4 Å². The fourth-order valence-corrected chi connectivity index (χ4v) is 3.78. The fraction of sp³-hybridized carbons (Fsp3) is 0.259. The Hall–Kier alpha value is -3.04. The molecule has 0 aliphatic carbocycles. The summed E-state index contributed by atoms with van der Waals surface area (Å²) in [5.41, 5.74) is 5.59. The van der Waals surface area contributed by atoms with E-state index in [4.69, 9.17) is 14.0 Å². The number of aliphatic hydroxyl groups is 1. The van der Waals surface area contributed by atoms with Crippen LogP contribution in [0.2, 0.25) is 0 Å². The number of rotatable bonds is 9. The van der Waals surface area contributed by atoms with Crippen molar-refractivity contribution in [2.45, 2.75) is 40.0 Å². The zero-order chi connectivity index (χ0) is 24.9. The second kappa shape index (κ2) is 12.3. The van der Waals surface area contributed by atoms with Crippen molar-refractivity contribution in [1.82, 2.24) is 9.72 Å². The maximum atomic E-state index is 11.5. The van der Waals surface area contributed by atoms with E-state index < -0.39 is 17.5 Å². The predicted molar refractivity (Wildman–Crippen MR) is 131 cm³/mol. The van der Waals surface area contributed by atoms with E-state index >= 15 is 0 Å². The second-order valence-corrected chi connectivity index (χ2v) is 8.45. The molecule has 0 radical (unpaired) electrons. The van der Waals surface area contributed by atoms with Crippen molar-refractivity contribution in [2.24, 2.45) is 0 Å². The number of benzene rings is 3. The number of aryl methyl sites for hydroxylation is 1. The van der Waals surface area contributed by atoms with Gasteiger partial charge in [0.25, 0.3) is 0 Å². The Morgan fingerprint density at radius 1 is 0.972 bits per heavy atom. The van der Waals surface area contributed by atoms with Crippen LogP contribution in [0.15, 0.2) is 74.8 Å². The monoisotopic (exact) mass is 498 g/mol. The number of nitrogens with zero attached hydrogens (tertiary/aromatic N) is 2. The average Bonchev–Trinajstić information content (AvgIpc) is 3.14. The SMILES string of the molecule is Cc1cc(OC[C@H](C)O)ccc1-c1cccc(COc2ccc(Cn3oc(=O)[n-]c3=O)cc2)c1C.[Na+]. The summed E-state index contributed by atoms with van der Waals surface area (Å²) in [7, 11) is 0. The quantitative estimate of drug-likeness (QED) is 0.334. The zero-order valence-electron chi connectivity index (χ0n) is 20.9. The van der Waals surface area contributed by atoms with E-state index in [9.17, 15) is 14.7 Å². The van der Waals surface area contributed by atoms with Gasteiger partial charge in [0.15, 0.2) is 5.69 Å². The molecular formula is C27H27N2NaO6. The minimum atomic E-state index is -0.900. The van der Waals surface area contributed by atoms with Crippen molar-refractivity contribution < 1.29 is 48.7 Å². The molecule has 1 N–H and O–H groups in total. The Balaban J connectivity index is 0.00000361. The number of aromatic nitrogens is 2. The molecule has 0 fully saturated rings. The summed E-state index contributed by atoms with van der Waals surface area (Å²) < 4.78 is 17.3. The summed E-state index contributed by atoms with van der Waals surface area (Å²) in [4.78, 5) is 25.8. The van der Waals surface area contributed by atoms with Gasteiger partial charge in [0.2, 0.25) is 0 Å². The largest absolute Gasteiger partial charge is 1.00 e. The maximum Gasteiger partial charge on any atom is 1.00 e. The first kappa shape index (κ1) is 27.5. The third-order valence-electron chi connectivity index (χ3n) is 5.66.